The molecule has 0 amide bonds. The van der Waals surface area contributed by atoms with Crippen LogP contribution in [-0.4, -0.2) is 22.2 Å². The Morgan fingerprint density at radius 1 is 1.26 bits per heavy atom. The van der Waals surface area contributed by atoms with Gasteiger partial charge in [0.2, 0.25) is 0 Å². The van der Waals surface area contributed by atoms with Gasteiger partial charge in [-0.3, -0.25) is 4.98 Å². The van der Waals surface area contributed by atoms with Gasteiger partial charge in [0.1, 0.15) is 5.75 Å². The van der Waals surface area contributed by atoms with Crippen molar-refractivity contribution in [2.75, 3.05) is 0 Å². The highest BCUT2D eigenvalue weighted by atomic mass is 16.5. The predicted octanol–water partition coefficient (Wildman–Crippen LogP) is 3.01. The first-order chi connectivity index (χ1) is 8.88. The highest BCUT2D eigenvalue weighted by Gasteiger charge is 2.16. The lowest BCUT2D eigenvalue weighted by molar-refractivity contribution is -0.144. The minimum Gasteiger partial charge on any atom is -0.479 e. The molecule has 0 saturated carbocycles. The number of hydrogen-bond acceptors (Lipinski definition) is 3. The van der Waals surface area contributed by atoms with Gasteiger partial charge < -0.3 is 9.84 Å². The molecule has 0 radical (unpaired) electrons. The van der Waals surface area contributed by atoms with E-state index >= 15 is 0 Å². The number of aryl methyl sites for hydroxylation is 3. The summed E-state index contributed by atoms with van der Waals surface area (Å²) < 4.78 is 5.54. The van der Waals surface area contributed by atoms with Crippen molar-refractivity contribution in [2.24, 2.45) is 0 Å². The first kappa shape index (κ1) is 13.3. The molecule has 1 aromatic heterocycles. The first-order valence-corrected chi connectivity index (χ1v) is 6.16. The summed E-state index contributed by atoms with van der Waals surface area (Å²) in [6.07, 6.45) is -0.884. The fraction of sp³-hybridized carbons (Fsp3) is 0.333. The molecule has 100 valence electrons. The van der Waals surface area contributed by atoms with Crippen LogP contribution in [0, 0.1) is 20.8 Å². The zero-order chi connectivity index (χ0) is 14.2. The second-order valence-electron chi connectivity index (χ2n) is 4.84. The summed E-state index contributed by atoms with van der Waals surface area (Å²) in [7, 11) is 0. The second-order valence-corrected chi connectivity index (χ2v) is 4.84. The van der Waals surface area contributed by atoms with E-state index in [1.807, 2.05) is 26.8 Å². The third-order valence-electron chi connectivity index (χ3n) is 2.99. The number of hydrogen-bond donors (Lipinski definition) is 1. The van der Waals surface area contributed by atoms with Crippen LogP contribution in [0.3, 0.4) is 0 Å². The van der Waals surface area contributed by atoms with E-state index in [9.17, 15) is 4.79 Å². The summed E-state index contributed by atoms with van der Waals surface area (Å²) in [4.78, 5) is 15.4. The summed E-state index contributed by atoms with van der Waals surface area (Å²) in [5.41, 5.74) is 3.83. The molecule has 1 atom stereocenters. The molecule has 0 fully saturated rings. The van der Waals surface area contributed by atoms with Crippen molar-refractivity contribution in [3.8, 4) is 5.75 Å². The number of pyridine rings is 1. The molecule has 4 nitrogen and oxygen atoms in total. The standard InChI is InChI=1S/C15H17NO3/c1-8-5-9(2)14-12(6-8)13(7-10(3)16-14)19-11(4)15(17)18/h5-7,11H,1-4H3,(H,17,18). The lowest BCUT2D eigenvalue weighted by Gasteiger charge is -2.14. The van der Waals surface area contributed by atoms with Crippen molar-refractivity contribution >= 4 is 16.9 Å². The Morgan fingerprint density at radius 2 is 1.95 bits per heavy atom. The molecule has 0 aliphatic rings. The molecule has 0 saturated heterocycles. The Morgan fingerprint density at radius 3 is 2.58 bits per heavy atom. The molecule has 1 heterocycles. The number of nitrogens with zero attached hydrogens (tertiary/aromatic N) is 1. The number of aromatic nitrogens is 1. The number of aliphatic carboxylic acids is 1. The molecule has 19 heavy (non-hydrogen) atoms. The Labute approximate surface area is 112 Å². The molecule has 1 aromatic carbocycles. The molecule has 0 aliphatic heterocycles. The number of carboxylic acids is 1. The van der Waals surface area contributed by atoms with Gasteiger partial charge in [0.25, 0.3) is 0 Å². The number of ether oxygens (including phenoxy) is 1. The summed E-state index contributed by atoms with van der Waals surface area (Å²) in [5.74, 6) is -0.406. The van der Waals surface area contributed by atoms with Crippen molar-refractivity contribution in [1.29, 1.82) is 0 Å². The van der Waals surface area contributed by atoms with E-state index in [1.54, 1.807) is 6.07 Å². The monoisotopic (exact) mass is 259 g/mol. The van der Waals surface area contributed by atoms with E-state index < -0.39 is 12.1 Å². The number of rotatable bonds is 3. The van der Waals surface area contributed by atoms with Gasteiger partial charge in [-0.2, -0.15) is 0 Å². The highest BCUT2D eigenvalue weighted by Crippen LogP contribution is 2.29. The Balaban J connectivity index is 2.62. The van der Waals surface area contributed by atoms with Crippen LogP contribution in [-0.2, 0) is 4.79 Å². The van der Waals surface area contributed by atoms with Crippen LogP contribution in [0.5, 0.6) is 5.75 Å². The van der Waals surface area contributed by atoms with Gasteiger partial charge >= 0.3 is 5.97 Å². The van der Waals surface area contributed by atoms with Crippen LogP contribution >= 0.6 is 0 Å². The maximum atomic E-state index is 10.9. The fourth-order valence-electron chi connectivity index (χ4n) is 2.11. The summed E-state index contributed by atoms with van der Waals surface area (Å²) >= 11 is 0. The van der Waals surface area contributed by atoms with E-state index in [4.69, 9.17) is 9.84 Å². The minimum atomic E-state index is -0.980. The van der Waals surface area contributed by atoms with Crippen LogP contribution in [0.25, 0.3) is 10.9 Å². The maximum Gasteiger partial charge on any atom is 0.344 e. The minimum absolute atomic E-state index is 0.573. The van der Waals surface area contributed by atoms with Crippen LogP contribution in [0.2, 0.25) is 0 Å². The van der Waals surface area contributed by atoms with Gasteiger partial charge in [0.05, 0.1) is 5.52 Å². The number of carbonyl (C=O) groups is 1. The van der Waals surface area contributed by atoms with Gasteiger partial charge in [-0.15, -0.1) is 0 Å². The van der Waals surface area contributed by atoms with Crippen LogP contribution in [0.1, 0.15) is 23.7 Å². The van der Waals surface area contributed by atoms with Crippen LogP contribution < -0.4 is 4.74 Å². The predicted molar refractivity (Wildman–Crippen MR) is 73.7 cm³/mol. The van der Waals surface area contributed by atoms with E-state index in [-0.39, 0.29) is 0 Å². The first-order valence-electron chi connectivity index (χ1n) is 6.16. The quantitative estimate of drug-likeness (QED) is 0.920. The van der Waals surface area contributed by atoms with E-state index in [0.717, 1.165) is 27.7 Å². The van der Waals surface area contributed by atoms with E-state index in [1.165, 1.54) is 6.92 Å². The molecule has 0 bridgehead atoms. The molecule has 0 spiro atoms. The average molecular weight is 259 g/mol. The zero-order valence-electron chi connectivity index (χ0n) is 11.5. The molecule has 4 heteroatoms. The van der Waals surface area contributed by atoms with Gasteiger partial charge in [0, 0.05) is 17.1 Å². The van der Waals surface area contributed by atoms with Crippen molar-refractivity contribution in [3.05, 3.63) is 35.0 Å². The van der Waals surface area contributed by atoms with Crippen molar-refractivity contribution in [1.82, 2.24) is 4.98 Å². The number of fused-ring (bicyclic) bond motifs is 1. The largest absolute Gasteiger partial charge is 0.479 e. The highest BCUT2D eigenvalue weighted by molar-refractivity contribution is 5.88. The third kappa shape index (κ3) is 2.67. The van der Waals surface area contributed by atoms with Crippen molar-refractivity contribution in [2.45, 2.75) is 33.8 Å². The second kappa shape index (κ2) is 4.88. The molecule has 2 aromatic rings. The maximum absolute atomic E-state index is 10.9. The molecular formula is C15H17NO3. The molecule has 1 N–H and O–H groups in total. The van der Waals surface area contributed by atoms with E-state index in [0.29, 0.717) is 5.75 Å². The molecular weight excluding hydrogens is 242 g/mol. The van der Waals surface area contributed by atoms with Crippen LogP contribution in [0.4, 0.5) is 0 Å². The number of benzene rings is 1. The van der Waals surface area contributed by atoms with Gasteiger partial charge in [-0.05, 0) is 44.9 Å². The molecule has 1 unspecified atom stereocenters. The van der Waals surface area contributed by atoms with Gasteiger partial charge in [0.15, 0.2) is 6.10 Å². The zero-order valence-corrected chi connectivity index (χ0v) is 11.5. The lowest BCUT2D eigenvalue weighted by Crippen LogP contribution is -2.23. The van der Waals surface area contributed by atoms with E-state index in [2.05, 4.69) is 11.1 Å². The lowest BCUT2D eigenvalue weighted by atomic mass is 10.1. The Hall–Kier alpha value is -2.10. The summed E-state index contributed by atoms with van der Waals surface area (Å²) in [6, 6.07) is 5.80. The van der Waals surface area contributed by atoms with Crippen molar-refractivity contribution in [3.63, 3.8) is 0 Å². The SMILES string of the molecule is Cc1cc(C)c2nc(C)cc(OC(C)C(=O)O)c2c1. The van der Waals surface area contributed by atoms with Crippen molar-refractivity contribution < 1.29 is 14.6 Å². The van der Waals surface area contributed by atoms with Crippen LogP contribution in [0.15, 0.2) is 18.2 Å². The number of carboxylic acid groups (broad SMARTS) is 1. The molecule has 0 aliphatic carbocycles. The fourth-order valence-corrected chi connectivity index (χ4v) is 2.11. The topological polar surface area (TPSA) is 59.4 Å². The smallest absolute Gasteiger partial charge is 0.344 e. The Kier molecular flexibility index (Phi) is 3.42. The average Bonchev–Trinajstić information content (AvgIpc) is 2.30. The molecule has 2 rings (SSSR count). The normalized spacial score (nSPS) is 12.4. The van der Waals surface area contributed by atoms with Gasteiger partial charge in [-0.25, -0.2) is 4.79 Å². The summed E-state index contributed by atoms with van der Waals surface area (Å²) in [6.45, 7) is 7.38. The summed E-state index contributed by atoms with van der Waals surface area (Å²) in [5, 5.41) is 9.81. The third-order valence-corrected chi connectivity index (χ3v) is 2.99. The van der Waals surface area contributed by atoms with Gasteiger partial charge in [-0.1, -0.05) is 6.07 Å². The Bertz CT molecular complexity index is 649.